The summed E-state index contributed by atoms with van der Waals surface area (Å²) in [5.41, 5.74) is -0.111. The average molecular weight is 479 g/mol. The molecule has 4 heteroatoms. The van der Waals surface area contributed by atoms with Gasteiger partial charge in [-0.3, -0.25) is 0 Å². The molecule has 1 atom stereocenters. The van der Waals surface area contributed by atoms with Crippen LogP contribution < -0.4 is 10.6 Å². The normalized spacial score (nSPS) is 11.5. The molecule has 0 fully saturated rings. The molecule has 112 valence electrons. The van der Waals surface area contributed by atoms with Crippen LogP contribution in [0.1, 0.15) is 12.8 Å². The van der Waals surface area contributed by atoms with Crippen molar-refractivity contribution in [2.45, 2.75) is 18.5 Å². The maximum atomic E-state index is 11.5. The first-order valence-corrected chi connectivity index (χ1v) is 8.06. The van der Waals surface area contributed by atoms with Gasteiger partial charge in [0.2, 0.25) is 0 Å². The van der Waals surface area contributed by atoms with Gasteiger partial charge in [0.05, 0.1) is 0 Å². The van der Waals surface area contributed by atoms with Crippen molar-refractivity contribution in [1.82, 2.24) is 0 Å². The zero-order chi connectivity index (χ0) is 14.2. The molecule has 21 heavy (non-hydrogen) atoms. The third-order valence-corrected chi connectivity index (χ3v) is 5.89. The van der Waals surface area contributed by atoms with Crippen molar-refractivity contribution in [2.24, 2.45) is 0 Å². The van der Waals surface area contributed by atoms with E-state index >= 15 is 0 Å². The van der Waals surface area contributed by atoms with E-state index in [1.54, 1.807) is 0 Å². The SMILES string of the molecule is O=CCCC(C=O)P(c1ccccc1)c1ccccc1.[Pt]. The summed E-state index contributed by atoms with van der Waals surface area (Å²) in [5.74, 6) is 0. The van der Waals surface area contributed by atoms with Crippen molar-refractivity contribution >= 4 is 31.1 Å². The minimum Gasteiger partial charge on any atom is -0.303 e. The van der Waals surface area contributed by atoms with Crippen molar-refractivity contribution in [3.8, 4) is 0 Å². The third-order valence-electron chi connectivity index (χ3n) is 3.14. The molecule has 2 aromatic rings. The van der Waals surface area contributed by atoms with E-state index in [2.05, 4.69) is 24.3 Å². The number of rotatable bonds is 7. The van der Waals surface area contributed by atoms with E-state index in [-0.39, 0.29) is 26.7 Å². The molecular formula is C17H17O2PPt. The summed E-state index contributed by atoms with van der Waals surface area (Å²) in [7, 11) is -0.753. The minimum atomic E-state index is -0.753. The fraction of sp³-hybridized carbons (Fsp3) is 0.176. The molecule has 0 N–H and O–H groups in total. The first-order chi connectivity index (χ1) is 9.86. The van der Waals surface area contributed by atoms with Crippen LogP contribution in [-0.2, 0) is 30.7 Å². The molecule has 0 radical (unpaired) electrons. The second-order valence-electron chi connectivity index (χ2n) is 4.49. The summed E-state index contributed by atoms with van der Waals surface area (Å²) in [5, 5.41) is 2.35. The molecule has 0 heterocycles. The van der Waals surface area contributed by atoms with Crippen molar-refractivity contribution in [3.05, 3.63) is 60.7 Å². The summed E-state index contributed by atoms with van der Waals surface area (Å²) >= 11 is 0. The Morgan fingerprint density at radius 1 is 0.857 bits per heavy atom. The number of hydrogen-bond donors (Lipinski definition) is 0. The van der Waals surface area contributed by atoms with Gasteiger partial charge in [0.15, 0.2) is 0 Å². The molecule has 0 aromatic heterocycles. The van der Waals surface area contributed by atoms with Crippen LogP contribution in [0, 0.1) is 0 Å². The number of carbonyl (C=O) groups is 2. The summed E-state index contributed by atoms with van der Waals surface area (Å²) < 4.78 is 0. The molecule has 0 aliphatic carbocycles. The molecule has 2 aromatic carbocycles. The van der Waals surface area contributed by atoms with E-state index in [4.69, 9.17) is 0 Å². The van der Waals surface area contributed by atoms with Crippen LogP contribution in [0.4, 0.5) is 0 Å². The Balaban J connectivity index is 0.00000220. The van der Waals surface area contributed by atoms with E-state index in [0.29, 0.717) is 12.8 Å². The average Bonchev–Trinajstić information content (AvgIpc) is 2.53. The van der Waals surface area contributed by atoms with E-state index in [1.165, 1.54) is 10.6 Å². The van der Waals surface area contributed by atoms with Gasteiger partial charge in [-0.15, -0.1) is 0 Å². The van der Waals surface area contributed by atoms with E-state index in [0.717, 1.165) is 12.6 Å². The van der Waals surface area contributed by atoms with E-state index in [1.807, 2.05) is 36.4 Å². The molecule has 0 bridgehead atoms. The molecule has 0 aliphatic heterocycles. The summed E-state index contributed by atoms with van der Waals surface area (Å²) in [6.07, 6.45) is 2.94. The van der Waals surface area contributed by atoms with Gasteiger partial charge in [-0.25, -0.2) is 0 Å². The Bertz CT molecular complexity index is 506. The van der Waals surface area contributed by atoms with Crippen molar-refractivity contribution in [1.29, 1.82) is 0 Å². The van der Waals surface area contributed by atoms with Gasteiger partial charge in [0, 0.05) is 33.1 Å². The van der Waals surface area contributed by atoms with Gasteiger partial charge < -0.3 is 9.59 Å². The smallest absolute Gasteiger partial charge is 0.127 e. The predicted octanol–water partition coefficient (Wildman–Crippen LogP) is 2.66. The van der Waals surface area contributed by atoms with Crippen molar-refractivity contribution < 1.29 is 30.7 Å². The van der Waals surface area contributed by atoms with Crippen LogP contribution in [0.5, 0.6) is 0 Å². The molecular weight excluding hydrogens is 462 g/mol. The molecule has 2 nitrogen and oxygen atoms in total. The van der Waals surface area contributed by atoms with Crippen molar-refractivity contribution in [3.63, 3.8) is 0 Å². The number of aldehydes is 2. The molecule has 0 spiro atoms. The maximum absolute atomic E-state index is 11.5. The zero-order valence-corrected chi connectivity index (χ0v) is 14.7. The summed E-state index contributed by atoms with van der Waals surface area (Å²) in [4.78, 5) is 22.1. The summed E-state index contributed by atoms with van der Waals surface area (Å²) in [6.45, 7) is 0. The molecule has 1 unspecified atom stereocenters. The van der Waals surface area contributed by atoms with E-state index < -0.39 is 7.92 Å². The topological polar surface area (TPSA) is 34.1 Å². The van der Waals surface area contributed by atoms with Crippen LogP contribution in [0.25, 0.3) is 0 Å². The second kappa shape index (κ2) is 9.77. The largest absolute Gasteiger partial charge is 0.303 e. The van der Waals surface area contributed by atoms with Crippen LogP contribution in [0.15, 0.2) is 60.7 Å². The molecule has 0 aliphatic rings. The molecule has 2 rings (SSSR count). The van der Waals surface area contributed by atoms with Gasteiger partial charge in [-0.2, -0.15) is 0 Å². The van der Waals surface area contributed by atoms with Crippen molar-refractivity contribution in [2.75, 3.05) is 0 Å². The van der Waals surface area contributed by atoms with Gasteiger partial charge in [-0.1, -0.05) is 60.7 Å². The predicted molar refractivity (Wildman–Crippen MR) is 84.2 cm³/mol. The second-order valence-corrected chi connectivity index (χ2v) is 6.92. The van der Waals surface area contributed by atoms with Gasteiger partial charge in [0.1, 0.15) is 12.6 Å². The van der Waals surface area contributed by atoms with Crippen LogP contribution in [-0.4, -0.2) is 18.2 Å². The van der Waals surface area contributed by atoms with E-state index in [9.17, 15) is 9.59 Å². The number of carbonyl (C=O) groups excluding carboxylic acids is 2. The quantitative estimate of drug-likeness (QED) is 0.452. The maximum Gasteiger partial charge on any atom is 0.127 e. The Morgan fingerprint density at radius 2 is 1.33 bits per heavy atom. The van der Waals surface area contributed by atoms with Gasteiger partial charge >= 0.3 is 0 Å². The standard InChI is InChI=1S/C17H17O2P.Pt/c18-13-7-12-17(14-19)20(15-8-3-1-4-9-15)16-10-5-2-6-11-16;/h1-6,8-11,13-14,17H,7,12H2;. The fourth-order valence-corrected chi connectivity index (χ4v) is 4.79. The molecule has 0 saturated heterocycles. The van der Waals surface area contributed by atoms with Gasteiger partial charge in [-0.05, 0) is 25.0 Å². The van der Waals surface area contributed by atoms with Crippen LogP contribution in [0.2, 0.25) is 0 Å². The number of hydrogen-bond acceptors (Lipinski definition) is 2. The first-order valence-electron chi connectivity index (χ1n) is 6.65. The summed E-state index contributed by atoms with van der Waals surface area (Å²) in [6, 6.07) is 20.2. The third kappa shape index (κ3) is 4.99. The van der Waals surface area contributed by atoms with Crippen LogP contribution >= 0.6 is 7.92 Å². The zero-order valence-electron chi connectivity index (χ0n) is 11.5. The van der Waals surface area contributed by atoms with Crippen LogP contribution in [0.3, 0.4) is 0 Å². The molecule has 0 amide bonds. The Kier molecular flexibility index (Phi) is 8.35. The minimum absolute atomic E-state index is 0. The Morgan fingerprint density at radius 3 is 1.71 bits per heavy atom. The monoisotopic (exact) mass is 479 g/mol. The Labute approximate surface area is 141 Å². The molecule has 0 saturated carbocycles. The number of benzene rings is 2. The Hall–Kier alpha value is -1.10. The first kappa shape index (κ1) is 17.9. The fourth-order valence-electron chi connectivity index (χ4n) is 2.21. The van der Waals surface area contributed by atoms with Gasteiger partial charge in [0.25, 0.3) is 0 Å².